The fourth-order valence-electron chi connectivity index (χ4n) is 3.70. The third kappa shape index (κ3) is 8.52. The van der Waals surface area contributed by atoms with Crippen LogP contribution in [0.1, 0.15) is 51.9 Å². The monoisotopic (exact) mass is 499 g/mol. The molecule has 0 atom stereocenters. The molecule has 1 saturated heterocycles. The molecule has 1 spiro atoms. The number of halogens is 1. The number of ether oxygens (including phenoxy) is 2. The molecule has 0 unspecified atom stereocenters. The summed E-state index contributed by atoms with van der Waals surface area (Å²) in [5.74, 6) is 2.35. The van der Waals surface area contributed by atoms with E-state index in [1.807, 2.05) is 0 Å². The summed E-state index contributed by atoms with van der Waals surface area (Å²) in [6.45, 7) is 8.45. The molecular formula is C19H38IN3O2S. The smallest absolute Gasteiger partial charge is 0.193 e. The van der Waals surface area contributed by atoms with Gasteiger partial charge in [-0.15, -0.1) is 24.0 Å². The molecule has 0 amide bonds. The first-order valence-electron chi connectivity index (χ1n) is 10.0. The van der Waals surface area contributed by atoms with Crippen molar-refractivity contribution in [1.82, 2.24) is 10.2 Å². The fourth-order valence-corrected chi connectivity index (χ4v) is 5.26. The number of nitrogens with one attached hydrogen (secondary N) is 1. The molecule has 7 heteroatoms. The Morgan fingerprint density at radius 3 is 2.69 bits per heavy atom. The van der Waals surface area contributed by atoms with Gasteiger partial charge in [0.15, 0.2) is 5.96 Å². The lowest BCUT2D eigenvalue weighted by Crippen LogP contribution is -2.53. The third-order valence-electron chi connectivity index (χ3n) is 5.04. The van der Waals surface area contributed by atoms with Crippen molar-refractivity contribution in [2.24, 2.45) is 4.99 Å². The molecule has 2 rings (SSSR count). The molecule has 0 bridgehead atoms. The summed E-state index contributed by atoms with van der Waals surface area (Å²) < 4.78 is 11.0. The first kappa shape index (κ1) is 24.3. The summed E-state index contributed by atoms with van der Waals surface area (Å²) in [5.41, 5.74) is 0. The quantitative estimate of drug-likeness (QED) is 0.227. The van der Waals surface area contributed by atoms with Gasteiger partial charge < -0.3 is 19.7 Å². The van der Waals surface area contributed by atoms with E-state index in [4.69, 9.17) is 14.5 Å². The maximum absolute atomic E-state index is 5.52. The summed E-state index contributed by atoms with van der Waals surface area (Å²) in [6, 6.07) is 0. The maximum Gasteiger partial charge on any atom is 0.193 e. The van der Waals surface area contributed by atoms with Crippen molar-refractivity contribution < 1.29 is 9.47 Å². The van der Waals surface area contributed by atoms with Gasteiger partial charge in [-0.05, 0) is 32.6 Å². The minimum absolute atomic E-state index is 0. The van der Waals surface area contributed by atoms with Crippen molar-refractivity contribution in [3.05, 3.63) is 0 Å². The van der Waals surface area contributed by atoms with Crippen LogP contribution in [0.2, 0.25) is 0 Å². The minimum atomic E-state index is 0. The molecule has 0 aromatic rings. The molecule has 1 N–H and O–H groups in total. The number of thioether (sulfide) groups is 1. The molecular weight excluding hydrogens is 461 g/mol. The lowest BCUT2D eigenvalue weighted by Gasteiger charge is -2.45. The van der Waals surface area contributed by atoms with Crippen molar-refractivity contribution in [3.63, 3.8) is 0 Å². The highest BCUT2D eigenvalue weighted by Gasteiger charge is 2.38. The van der Waals surface area contributed by atoms with E-state index in [0.29, 0.717) is 18.0 Å². The van der Waals surface area contributed by atoms with E-state index in [9.17, 15) is 0 Å². The Morgan fingerprint density at radius 2 is 1.96 bits per heavy atom. The number of methoxy groups -OCH3 is 1. The van der Waals surface area contributed by atoms with Crippen LogP contribution in [-0.2, 0) is 9.47 Å². The highest BCUT2D eigenvalue weighted by atomic mass is 127. The van der Waals surface area contributed by atoms with Gasteiger partial charge in [0.2, 0.25) is 0 Å². The van der Waals surface area contributed by atoms with Crippen LogP contribution in [0, 0.1) is 0 Å². The van der Waals surface area contributed by atoms with E-state index in [-0.39, 0.29) is 24.0 Å². The van der Waals surface area contributed by atoms with Crippen LogP contribution in [0.5, 0.6) is 0 Å². The number of nitrogens with zero attached hydrogens (tertiary/aromatic N) is 2. The molecule has 0 aromatic heterocycles. The highest BCUT2D eigenvalue weighted by molar-refractivity contribution is 14.0. The first-order valence-corrected chi connectivity index (χ1v) is 11.0. The summed E-state index contributed by atoms with van der Waals surface area (Å²) in [5, 5.41) is 3.51. The molecule has 26 heavy (non-hydrogen) atoms. The molecule has 1 aliphatic carbocycles. The van der Waals surface area contributed by atoms with Gasteiger partial charge in [0, 0.05) is 50.4 Å². The van der Waals surface area contributed by atoms with Gasteiger partial charge in [-0.3, -0.25) is 4.99 Å². The lowest BCUT2D eigenvalue weighted by molar-refractivity contribution is 0.0690. The molecule has 2 aliphatic rings. The lowest BCUT2D eigenvalue weighted by atomic mass is 9.87. The summed E-state index contributed by atoms with van der Waals surface area (Å²) >= 11 is 2.22. The van der Waals surface area contributed by atoms with Crippen LogP contribution >= 0.6 is 35.7 Å². The minimum Gasteiger partial charge on any atom is -0.382 e. The Labute approximate surface area is 181 Å². The number of hydrogen-bond acceptors (Lipinski definition) is 4. The Morgan fingerprint density at radius 1 is 1.15 bits per heavy atom. The van der Waals surface area contributed by atoms with Crippen molar-refractivity contribution in [2.45, 2.75) is 56.6 Å². The average Bonchev–Trinajstić information content (AvgIpc) is 2.63. The highest BCUT2D eigenvalue weighted by Crippen LogP contribution is 2.42. The largest absolute Gasteiger partial charge is 0.382 e. The second kappa shape index (κ2) is 14.3. The molecule has 154 valence electrons. The van der Waals surface area contributed by atoms with Crippen molar-refractivity contribution >= 4 is 41.7 Å². The maximum atomic E-state index is 5.52. The molecule has 5 nitrogen and oxygen atoms in total. The van der Waals surface area contributed by atoms with Crippen LogP contribution in [0.25, 0.3) is 0 Å². The van der Waals surface area contributed by atoms with Gasteiger partial charge in [0.05, 0.1) is 13.2 Å². The predicted octanol–water partition coefficient (Wildman–Crippen LogP) is 3.76. The Hall–Kier alpha value is 0.270. The summed E-state index contributed by atoms with van der Waals surface area (Å²) in [4.78, 5) is 7.41. The number of unbranched alkanes of at least 4 members (excludes halogenated alkanes) is 1. The van der Waals surface area contributed by atoms with Gasteiger partial charge in [-0.25, -0.2) is 0 Å². The summed E-state index contributed by atoms with van der Waals surface area (Å²) in [6.07, 6.45) is 9.12. The predicted molar refractivity (Wildman–Crippen MR) is 123 cm³/mol. The molecule has 1 saturated carbocycles. The van der Waals surface area contributed by atoms with Crippen LogP contribution in [-0.4, -0.2) is 74.5 Å². The van der Waals surface area contributed by atoms with Crippen LogP contribution in [0.4, 0.5) is 0 Å². The van der Waals surface area contributed by atoms with Crippen LogP contribution in [0.3, 0.4) is 0 Å². The zero-order valence-corrected chi connectivity index (χ0v) is 19.8. The zero-order valence-electron chi connectivity index (χ0n) is 16.6. The van der Waals surface area contributed by atoms with Gasteiger partial charge in [-0.1, -0.05) is 19.3 Å². The standard InChI is InChI=1S/C19H37N3O2S.HI/c1-3-20-18(21-11-7-8-13-24-15-14-23-2)22-12-16-25-19(17-22)9-5-4-6-10-19;/h3-17H2,1-2H3,(H,20,21);1H. The molecule has 0 aromatic carbocycles. The fraction of sp³-hybridized carbons (Fsp3) is 0.947. The van der Waals surface area contributed by atoms with Crippen LogP contribution < -0.4 is 5.32 Å². The topological polar surface area (TPSA) is 46.1 Å². The zero-order chi connectivity index (χ0) is 17.8. The number of rotatable bonds is 9. The SMILES string of the molecule is CCNC(=NCCCCOCCOC)N1CCSC2(CCCCC2)C1.I. The number of hydrogen-bond donors (Lipinski definition) is 1. The van der Waals surface area contributed by atoms with Crippen LogP contribution in [0.15, 0.2) is 4.99 Å². The van der Waals surface area contributed by atoms with E-state index in [1.54, 1.807) is 7.11 Å². The van der Waals surface area contributed by atoms with Gasteiger partial charge in [0.1, 0.15) is 0 Å². The van der Waals surface area contributed by atoms with Gasteiger partial charge in [-0.2, -0.15) is 11.8 Å². The molecule has 1 heterocycles. The van der Waals surface area contributed by atoms with E-state index in [0.717, 1.165) is 45.0 Å². The van der Waals surface area contributed by atoms with Crippen molar-refractivity contribution in [1.29, 1.82) is 0 Å². The first-order chi connectivity index (χ1) is 12.3. The van der Waals surface area contributed by atoms with Gasteiger partial charge in [0.25, 0.3) is 0 Å². The van der Waals surface area contributed by atoms with Crippen molar-refractivity contribution in [3.8, 4) is 0 Å². The number of aliphatic imine (C=N–C) groups is 1. The van der Waals surface area contributed by atoms with E-state index in [2.05, 4.69) is 28.9 Å². The van der Waals surface area contributed by atoms with Crippen molar-refractivity contribution in [2.75, 3.05) is 58.9 Å². The molecule has 2 fully saturated rings. The van der Waals surface area contributed by atoms with E-state index < -0.39 is 0 Å². The van der Waals surface area contributed by atoms with Gasteiger partial charge >= 0.3 is 0 Å². The Bertz CT molecular complexity index is 387. The normalized spacial score (nSPS) is 20.1. The molecule has 1 aliphatic heterocycles. The average molecular weight is 500 g/mol. The number of guanidine groups is 1. The Balaban J connectivity index is 0.00000338. The molecule has 0 radical (unpaired) electrons. The summed E-state index contributed by atoms with van der Waals surface area (Å²) in [7, 11) is 1.71. The second-order valence-corrected chi connectivity index (χ2v) is 8.62. The Kier molecular flexibility index (Phi) is 13.4. The second-order valence-electron chi connectivity index (χ2n) is 7.06. The third-order valence-corrected chi connectivity index (χ3v) is 6.57. The van der Waals surface area contributed by atoms with E-state index >= 15 is 0 Å². The van der Waals surface area contributed by atoms with E-state index in [1.165, 1.54) is 44.4 Å².